The Morgan fingerprint density at radius 1 is 0.171 bits per heavy atom. The maximum atomic E-state index is 2.92. The highest BCUT2D eigenvalue weighted by molar-refractivity contribution is 7.30. The predicted octanol–water partition coefficient (Wildman–Crippen LogP) is 9.17. The molecule has 0 unspecified atom stereocenters. The molecule has 12 aromatic carbocycles. The van der Waals surface area contributed by atoms with Crippen molar-refractivity contribution in [2.24, 2.45) is 0 Å². The molecule has 1 nitrogen and oxygen atoms in total. The number of rotatable bonds is 3. The first-order valence-corrected chi connectivity index (χ1v) is 32.8. The van der Waals surface area contributed by atoms with Gasteiger partial charge in [0, 0.05) is 17.1 Å². The minimum Gasteiger partial charge on any atom is -0.311 e. The molecule has 6 heterocycles. The molecule has 6 aliphatic rings. The molecular weight excluding hydrogens is 963 g/mol. The van der Waals surface area contributed by atoms with Crippen LogP contribution >= 0.6 is 0 Å². The highest BCUT2D eigenvalue weighted by atomic mass is 28.3. The van der Waals surface area contributed by atoms with Crippen LogP contribution in [0.5, 0.6) is 0 Å². The molecule has 18 rings (SSSR count). The van der Waals surface area contributed by atoms with Gasteiger partial charge in [0.2, 0.25) is 0 Å². The van der Waals surface area contributed by atoms with E-state index in [1.807, 2.05) is 0 Å². The lowest BCUT2D eigenvalue weighted by atomic mass is 10.0. The Hall–Kier alpha value is -8.91. The third-order valence-corrected chi connectivity index (χ3v) is 33.2. The largest absolute Gasteiger partial charge is 0.311 e. The zero-order valence-corrected chi connectivity index (χ0v) is 44.4. The number of fused-ring (bicyclic) bond motifs is 21. The van der Waals surface area contributed by atoms with E-state index < -0.39 is 24.2 Å². The van der Waals surface area contributed by atoms with Gasteiger partial charge >= 0.3 is 0 Å². The minimum atomic E-state index is -3.27. The van der Waals surface area contributed by atoms with Crippen LogP contribution in [0.25, 0.3) is 66.8 Å². The lowest BCUT2D eigenvalue weighted by molar-refractivity contribution is 1.30. The summed E-state index contributed by atoms with van der Waals surface area (Å²) in [5.41, 5.74) is 20.2. The first-order chi connectivity index (χ1) is 37.7. The third-order valence-electron chi connectivity index (χ3n) is 18.6. The number of anilines is 3. The lowest BCUT2D eigenvalue weighted by Gasteiger charge is -2.56. The van der Waals surface area contributed by atoms with Gasteiger partial charge in [0.15, 0.2) is 24.2 Å². The lowest BCUT2D eigenvalue weighted by Crippen LogP contribution is -2.85. The standard InChI is InChI=1S/C72H45NSi3/c1-4-22-46(23-5-1)49-40-64-70-65(41-49)75(60-36-18-12-30-54(60)55-31-13-19-37-61(55)75)67-43-51(48-26-8-3-9-27-48)45-69-72(67)73(70)71-66(74(64)58-34-16-10-28-52(58)53-29-11-17-35-59(53)74)42-50(47-24-6-2-7-25-47)44-68(71)76(69)62-38-20-14-32-56(62)57-33-15-21-39-63(57)76/h1-45H. The number of benzene rings is 12. The molecule has 0 saturated carbocycles. The topological polar surface area (TPSA) is 3.24 Å². The molecular formula is C72H45NSi3. The maximum Gasteiger partial charge on any atom is 0.185 e. The van der Waals surface area contributed by atoms with E-state index in [-0.39, 0.29) is 0 Å². The van der Waals surface area contributed by atoms with Crippen LogP contribution in [-0.2, 0) is 0 Å². The van der Waals surface area contributed by atoms with Crippen molar-refractivity contribution in [2.45, 2.75) is 0 Å². The van der Waals surface area contributed by atoms with Gasteiger partial charge in [-0.15, -0.1) is 0 Å². The van der Waals surface area contributed by atoms with Crippen LogP contribution in [0.1, 0.15) is 0 Å². The molecule has 4 heteroatoms. The quantitative estimate of drug-likeness (QED) is 0.160. The minimum absolute atomic E-state index is 1.26. The maximum absolute atomic E-state index is 3.27. The van der Waals surface area contributed by atoms with E-state index in [0.717, 1.165) is 0 Å². The molecule has 0 N–H and O–H groups in total. The van der Waals surface area contributed by atoms with E-state index in [0.29, 0.717) is 0 Å². The highest BCUT2D eigenvalue weighted by Crippen LogP contribution is 2.50. The summed E-state index contributed by atoms with van der Waals surface area (Å²) in [5.74, 6) is 0. The molecule has 12 aromatic rings. The summed E-state index contributed by atoms with van der Waals surface area (Å²) in [5, 5.41) is 18.0. The Morgan fingerprint density at radius 2 is 0.355 bits per heavy atom. The molecule has 76 heavy (non-hydrogen) atoms. The molecule has 0 amide bonds. The fourth-order valence-corrected chi connectivity index (χ4v) is 33.2. The molecule has 0 radical (unpaired) electrons. The van der Waals surface area contributed by atoms with E-state index in [2.05, 4.69) is 278 Å². The molecule has 3 spiro atoms. The first kappa shape index (κ1) is 41.4. The van der Waals surface area contributed by atoms with Crippen molar-refractivity contribution in [2.75, 3.05) is 4.90 Å². The summed E-state index contributed by atoms with van der Waals surface area (Å²) < 4.78 is 0. The Morgan fingerprint density at radius 3 is 0.566 bits per heavy atom. The van der Waals surface area contributed by atoms with Crippen molar-refractivity contribution in [1.82, 2.24) is 0 Å². The van der Waals surface area contributed by atoms with E-state index in [9.17, 15) is 0 Å². The van der Waals surface area contributed by atoms with Crippen molar-refractivity contribution in [3.63, 3.8) is 0 Å². The highest BCUT2D eigenvalue weighted by Gasteiger charge is 2.66. The smallest absolute Gasteiger partial charge is 0.185 e. The van der Waals surface area contributed by atoms with Gasteiger partial charge in [-0.05, 0) is 129 Å². The van der Waals surface area contributed by atoms with Crippen LogP contribution in [-0.4, -0.2) is 24.2 Å². The van der Waals surface area contributed by atoms with Gasteiger partial charge in [-0.2, -0.15) is 0 Å². The number of hydrogen-bond acceptors (Lipinski definition) is 1. The van der Waals surface area contributed by atoms with Gasteiger partial charge < -0.3 is 4.90 Å². The summed E-state index contributed by atoms with van der Waals surface area (Å²) in [4.78, 5) is 2.92. The van der Waals surface area contributed by atoms with Gasteiger partial charge in [0.05, 0.1) is 0 Å². The zero-order chi connectivity index (χ0) is 49.5. The SMILES string of the molecule is c1ccc(-c2cc3c4c(c2)[Si]2(c5ccccc5-c5ccccc52)c2cc(-c5ccccc5)cc5c2N4c2c(cc(-c4ccccc4)cc2[Si]52c4ccccc4-c4ccccc42)[Si]32c3ccccc3-c3ccccc32)cc1. The molecule has 0 atom stereocenters. The van der Waals surface area contributed by atoms with Crippen LogP contribution in [0.3, 0.4) is 0 Å². The molecule has 0 aromatic heterocycles. The fraction of sp³-hybridized carbons (Fsp3) is 0. The third kappa shape index (κ3) is 4.76. The molecule has 350 valence electrons. The summed E-state index contributed by atoms with van der Waals surface area (Å²) in [6, 6.07) is 108. The fourth-order valence-electron chi connectivity index (χ4n) is 15.9. The second kappa shape index (κ2) is 14.7. The van der Waals surface area contributed by atoms with Crippen LogP contribution in [0.4, 0.5) is 17.1 Å². The Bertz CT molecular complexity index is 3860. The van der Waals surface area contributed by atoms with Gasteiger partial charge in [0.25, 0.3) is 0 Å². The monoisotopic (exact) mass is 1010 g/mol. The summed E-state index contributed by atoms with van der Waals surface area (Å²) in [7, 11) is -9.82. The van der Waals surface area contributed by atoms with Crippen molar-refractivity contribution in [3.05, 3.63) is 273 Å². The first-order valence-electron chi connectivity index (χ1n) is 26.8. The summed E-state index contributed by atoms with van der Waals surface area (Å²) >= 11 is 0. The normalized spacial score (nSPS) is 15.4. The molecule has 6 aliphatic heterocycles. The molecule has 0 saturated heterocycles. The van der Waals surface area contributed by atoms with E-state index >= 15 is 0 Å². The van der Waals surface area contributed by atoms with E-state index in [4.69, 9.17) is 0 Å². The second-order valence-electron chi connectivity index (χ2n) is 21.7. The number of nitrogens with zero attached hydrogens (tertiary/aromatic N) is 1. The van der Waals surface area contributed by atoms with Gasteiger partial charge in [0.1, 0.15) is 0 Å². The van der Waals surface area contributed by atoms with Crippen LogP contribution in [0.2, 0.25) is 0 Å². The second-order valence-corrected chi connectivity index (χ2v) is 32.7. The van der Waals surface area contributed by atoms with Crippen molar-refractivity contribution in [1.29, 1.82) is 0 Å². The van der Waals surface area contributed by atoms with Crippen molar-refractivity contribution >= 4 is 104 Å². The number of hydrogen-bond donors (Lipinski definition) is 0. The van der Waals surface area contributed by atoms with Crippen LogP contribution in [0.15, 0.2) is 273 Å². The Kier molecular flexibility index (Phi) is 8.01. The molecule has 0 bridgehead atoms. The molecule has 0 fully saturated rings. The van der Waals surface area contributed by atoms with Crippen LogP contribution < -0.4 is 67.1 Å². The van der Waals surface area contributed by atoms with E-state index in [1.165, 1.54) is 146 Å². The zero-order valence-electron chi connectivity index (χ0n) is 41.4. The Balaban J connectivity index is 1.15. The van der Waals surface area contributed by atoms with Crippen molar-refractivity contribution in [3.8, 4) is 66.8 Å². The predicted molar refractivity (Wildman–Crippen MR) is 326 cm³/mol. The van der Waals surface area contributed by atoms with Crippen LogP contribution in [0, 0.1) is 0 Å². The summed E-state index contributed by atoms with van der Waals surface area (Å²) in [6.07, 6.45) is 0. The average molecular weight is 1010 g/mol. The van der Waals surface area contributed by atoms with Gasteiger partial charge in [-0.25, -0.2) is 0 Å². The van der Waals surface area contributed by atoms with E-state index in [1.54, 1.807) is 0 Å². The van der Waals surface area contributed by atoms with Gasteiger partial charge in [-0.3, -0.25) is 0 Å². The molecule has 0 aliphatic carbocycles. The average Bonchev–Trinajstić information content (AvgIpc) is 3.68. The van der Waals surface area contributed by atoms with Crippen molar-refractivity contribution < 1.29 is 0 Å². The Labute approximate surface area is 445 Å². The summed E-state index contributed by atoms with van der Waals surface area (Å²) in [6.45, 7) is 0. The van der Waals surface area contributed by atoms with Gasteiger partial charge in [-0.1, -0.05) is 273 Å².